The van der Waals surface area contributed by atoms with E-state index in [4.69, 9.17) is 5.11 Å². The topological polar surface area (TPSA) is 92.7 Å². The summed E-state index contributed by atoms with van der Waals surface area (Å²) in [6.45, 7) is 3.22. The van der Waals surface area contributed by atoms with Gasteiger partial charge < -0.3 is 9.84 Å². The third-order valence-electron chi connectivity index (χ3n) is 1.87. The Kier molecular flexibility index (Phi) is 5.77. The van der Waals surface area contributed by atoms with Crippen LogP contribution >= 0.6 is 0 Å². The summed E-state index contributed by atoms with van der Waals surface area (Å²) in [6, 6.07) is -0.584. The molecule has 0 fully saturated rings. The van der Waals surface area contributed by atoms with E-state index in [1.807, 2.05) is 0 Å². The molecule has 6 nitrogen and oxygen atoms in total. The Morgan fingerprint density at radius 3 is 2.33 bits per heavy atom. The highest BCUT2D eigenvalue weighted by Crippen LogP contribution is 2.02. The van der Waals surface area contributed by atoms with Gasteiger partial charge in [0.25, 0.3) is 0 Å². The van der Waals surface area contributed by atoms with Crippen LogP contribution in [0.3, 0.4) is 0 Å². The summed E-state index contributed by atoms with van der Waals surface area (Å²) < 4.78 is 29.2. The minimum atomic E-state index is -3.73. The summed E-state index contributed by atoms with van der Waals surface area (Å²) in [5, 5.41) is 8.91. The fourth-order valence-corrected chi connectivity index (χ4v) is 2.19. The zero-order chi connectivity index (χ0) is 12.1. The first-order valence-corrected chi connectivity index (χ1v) is 6.15. The first kappa shape index (κ1) is 14.3. The lowest BCUT2D eigenvalue weighted by molar-refractivity contribution is -0.137. The van der Waals surface area contributed by atoms with Crippen molar-refractivity contribution >= 4 is 16.0 Å². The van der Waals surface area contributed by atoms with Crippen LogP contribution in [0.5, 0.6) is 0 Å². The van der Waals surface area contributed by atoms with E-state index in [9.17, 15) is 13.2 Å². The highest BCUT2D eigenvalue weighted by atomic mass is 32.2. The number of aliphatic hydroxyl groups excluding tert-OH is 1. The van der Waals surface area contributed by atoms with Crippen molar-refractivity contribution in [2.45, 2.75) is 19.9 Å². The maximum Gasteiger partial charge on any atom is 0.322 e. The van der Waals surface area contributed by atoms with Crippen molar-refractivity contribution in [2.24, 2.45) is 5.92 Å². The molecule has 0 heterocycles. The van der Waals surface area contributed by atoms with Gasteiger partial charge in [-0.1, -0.05) is 13.8 Å². The van der Waals surface area contributed by atoms with E-state index >= 15 is 0 Å². The molecule has 90 valence electrons. The number of hydrogen-bond donors (Lipinski definition) is 2. The minimum absolute atomic E-state index is 0.0533. The first-order chi connectivity index (χ1) is 6.82. The summed E-state index contributed by atoms with van der Waals surface area (Å²) in [7, 11) is -2.62. The van der Waals surface area contributed by atoms with Crippen LogP contribution in [0.1, 0.15) is 13.8 Å². The largest absolute Gasteiger partial charge is 0.468 e. The Bertz CT molecular complexity index is 298. The zero-order valence-electron chi connectivity index (χ0n) is 9.06. The van der Waals surface area contributed by atoms with Crippen molar-refractivity contribution in [2.75, 3.05) is 19.5 Å². The molecular formula is C8H17NO5S. The van der Waals surface area contributed by atoms with Crippen LogP contribution in [-0.4, -0.2) is 45.0 Å². The zero-order valence-corrected chi connectivity index (χ0v) is 9.87. The molecule has 0 aliphatic heterocycles. The SMILES string of the molecule is COC(=O)CS(=O)(=O)NC(CO)C(C)C. The molecule has 0 radical (unpaired) electrons. The Labute approximate surface area is 89.7 Å². The fraction of sp³-hybridized carbons (Fsp3) is 0.875. The maximum absolute atomic E-state index is 11.4. The minimum Gasteiger partial charge on any atom is -0.468 e. The van der Waals surface area contributed by atoms with E-state index in [1.54, 1.807) is 13.8 Å². The first-order valence-electron chi connectivity index (χ1n) is 4.50. The Morgan fingerprint density at radius 1 is 1.47 bits per heavy atom. The summed E-state index contributed by atoms with van der Waals surface area (Å²) in [5.41, 5.74) is 0. The molecule has 0 saturated heterocycles. The molecule has 0 spiro atoms. The second-order valence-corrected chi connectivity index (χ2v) is 5.24. The third kappa shape index (κ3) is 5.71. The molecule has 0 aliphatic rings. The second kappa shape index (κ2) is 6.04. The van der Waals surface area contributed by atoms with Crippen LogP contribution in [0.2, 0.25) is 0 Å². The average Bonchev–Trinajstić information content (AvgIpc) is 2.13. The lowest BCUT2D eigenvalue weighted by atomic mass is 10.1. The molecule has 2 N–H and O–H groups in total. The van der Waals surface area contributed by atoms with E-state index in [2.05, 4.69) is 9.46 Å². The summed E-state index contributed by atoms with van der Waals surface area (Å²) >= 11 is 0. The monoisotopic (exact) mass is 239 g/mol. The van der Waals surface area contributed by atoms with Crippen molar-refractivity contribution in [3.63, 3.8) is 0 Å². The van der Waals surface area contributed by atoms with Crippen LogP contribution in [0.15, 0.2) is 0 Å². The average molecular weight is 239 g/mol. The molecule has 0 rings (SSSR count). The number of carbonyl (C=O) groups excluding carboxylic acids is 1. The number of sulfonamides is 1. The van der Waals surface area contributed by atoms with Gasteiger partial charge in [0.1, 0.15) is 0 Å². The quantitative estimate of drug-likeness (QED) is 0.586. The van der Waals surface area contributed by atoms with Gasteiger partial charge in [-0.05, 0) is 5.92 Å². The molecule has 7 heteroatoms. The van der Waals surface area contributed by atoms with Crippen LogP contribution in [0.4, 0.5) is 0 Å². The number of methoxy groups -OCH3 is 1. The van der Waals surface area contributed by atoms with Crippen LogP contribution in [0.25, 0.3) is 0 Å². The van der Waals surface area contributed by atoms with Gasteiger partial charge in [-0.15, -0.1) is 0 Å². The predicted octanol–water partition coefficient (Wildman–Crippen LogP) is -0.904. The van der Waals surface area contributed by atoms with Crippen molar-refractivity contribution in [1.82, 2.24) is 4.72 Å². The lowest BCUT2D eigenvalue weighted by Crippen LogP contribution is -2.43. The van der Waals surface area contributed by atoms with Crippen LogP contribution in [-0.2, 0) is 19.6 Å². The Hall–Kier alpha value is -0.660. The normalized spacial score (nSPS) is 13.9. The van der Waals surface area contributed by atoms with E-state index in [1.165, 1.54) is 0 Å². The maximum atomic E-state index is 11.4. The molecule has 0 amide bonds. The number of esters is 1. The summed E-state index contributed by atoms with van der Waals surface area (Å²) in [6.07, 6.45) is 0. The highest BCUT2D eigenvalue weighted by Gasteiger charge is 2.22. The van der Waals surface area contributed by atoms with E-state index < -0.39 is 27.8 Å². The number of rotatable bonds is 6. The van der Waals surface area contributed by atoms with Crippen molar-refractivity contribution < 1.29 is 23.1 Å². The molecule has 0 bridgehead atoms. The van der Waals surface area contributed by atoms with Crippen molar-refractivity contribution in [3.05, 3.63) is 0 Å². The number of ether oxygens (including phenoxy) is 1. The number of hydrogen-bond acceptors (Lipinski definition) is 5. The van der Waals surface area contributed by atoms with Crippen LogP contribution in [0, 0.1) is 5.92 Å². The fourth-order valence-electron chi connectivity index (χ4n) is 0.871. The smallest absolute Gasteiger partial charge is 0.322 e. The lowest BCUT2D eigenvalue weighted by Gasteiger charge is -2.19. The summed E-state index contributed by atoms with van der Waals surface area (Å²) in [4.78, 5) is 10.8. The molecule has 0 aromatic heterocycles. The molecule has 0 saturated carbocycles. The Morgan fingerprint density at radius 2 is 2.00 bits per heavy atom. The second-order valence-electron chi connectivity index (χ2n) is 3.49. The molecule has 0 aliphatic carbocycles. The molecule has 0 aromatic rings. The van der Waals surface area contributed by atoms with Gasteiger partial charge >= 0.3 is 5.97 Å². The molecule has 0 aromatic carbocycles. The van der Waals surface area contributed by atoms with E-state index in [-0.39, 0.29) is 12.5 Å². The third-order valence-corrected chi connectivity index (χ3v) is 3.15. The molecule has 1 unspecified atom stereocenters. The highest BCUT2D eigenvalue weighted by molar-refractivity contribution is 7.90. The van der Waals surface area contributed by atoms with Gasteiger partial charge in [-0.3, -0.25) is 4.79 Å². The van der Waals surface area contributed by atoms with Crippen LogP contribution < -0.4 is 4.72 Å². The van der Waals surface area contributed by atoms with E-state index in [0.29, 0.717) is 0 Å². The number of carbonyl (C=O) groups is 1. The Balaban J connectivity index is 4.42. The van der Waals surface area contributed by atoms with Gasteiger partial charge in [0.2, 0.25) is 10.0 Å². The van der Waals surface area contributed by atoms with Gasteiger partial charge in [0.15, 0.2) is 5.75 Å². The molecular weight excluding hydrogens is 222 g/mol. The van der Waals surface area contributed by atoms with E-state index in [0.717, 1.165) is 7.11 Å². The summed E-state index contributed by atoms with van der Waals surface area (Å²) in [5.74, 6) is -1.61. The molecule has 15 heavy (non-hydrogen) atoms. The van der Waals surface area contributed by atoms with Crippen molar-refractivity contribution in [3.8, 4) is 0 Å². The standard InChI is InChI=1S/C8H17NO5S/c1-6(2)7(4-10)9-15(12,13)5-8(11)14-3/h6-7,9-10H,4-5H2,1-3H3. The van der Waals surface area contributed by atoms with Gasteiger partial charge in [0, 0.05) is 6.04 Å². The molecule has 1 atom stereocenters. The van der Waals surface area contributed by atoms with Gasteiger partial charge in [0.05, 0.1) is 13.7 Å². The number of aliphatic hydroxyl groups is 1. The van der Waals surface area contributed by atoms with Gasteiger partial charge in [-0.25, -0.2) is 13.1 Å². The number of nitrogens with one attached hydrogen (secondary N) is 1. The van der Waals surface area contributed by atoms with Gasteiger partial charge in [-0.2, -0.15) is 0 Å². The predicted molar refractivity (Wildman–Crippen MR) is 54.7 cm³/mol. The van der Waals surface area contributed by atoms with Crippen molar-refractivity contribution in [1.29, 1.82) is 0 Å².